The van der Waals surface area contributed by atoms with E-state index >= 15 is 0 Å². The van der Waals surface area contributed by atoms with E-state index in [0.717, 1.165) is 11.3 Å². The second-order valence-corrected chi connectivity index (χ2v) is 5.08. The Kier molecular flexibility index (Phi) is 6.93. The summed E-state index contributed by atoms with van der Waals surface area (Å²) in [5.41, 5.74) is 0.819. The van der Waals surface area contributed by atoms with Crippen LogP contribution in [0.25, 0.3) is 0 Å². The highest BCUT2D eigenvalue weighted by Crippen LogP contribution is 2.12. The number of amides is 1. The fraction of sp³-hybridized carbons (Fsp3) is 0.429. The molecule has 1 aromatic rings. The maximum Gasteiger partial charge on any atom is 0.327 e. The molecule has 0 aliphatic rings. The monoisotopic (exact) mass is 297 g/mol. The first-order valence-corrected chi connectivity index (χ1v) is 7.69. The smallest absolute Gasteiger partial charge is 0.327 e. The molecule has 0 heterocycles. The third-order valence-electron chi connectivity index (χ3n) is 2.57. The minimum atomic E-state index is -1.01. The SMILES string of the molecule is CCOc1ccc(CC(=O)N[C@@H](CSC)C(=O)O)cc1. The van der Waals surface area contributed by atoms with Gasteiger partial charge < -0.3 is 15.2 Å². The molecular formula is C14H19NO4S. The summed E-state index contributed by atoms with van der Waals surface area (Å²) in [6.07, 6.45) is 1.96. The Balaban J connectivity index is 2.54. The zero-order chi connectivity index (χ0) is 15.0. The number of ether oxygens (including phenoxy) is 1. The van der Waals surface area contributed by atoms with Gasteiger partial charge in [0.15, 0.2) is 0 Å². The van der Waals surface area contributed by atoms with Gasteiger partial charge >= 0.3 is 5.97 Å². The average Bonchev–Trinajstić information content (AvgIpc) is 2.40. The van der Waals surface area contributed by atoms with Crippen molar-refractivity contribution in [1.82, 2.24) is 5.32 Å². The molecule has 1 atom stereocenters. The highest BCUT2D eigenvalue weighted by atomic mass is 32.2. The van der Waals surface area contributed by atoms with E-state index in [1.165, 1.54) is 11.8 Å². The number of nitrogens with one attached hydrogen (secondary N) is 1. The third kappa shape index (κ3) is 5.52. The molecule has 0 bridgehead atoms. The number of carbonyl (C=O) groups is 2. The number of carboxylic acid groups (broad SMARTS) is 1. The normalized spacial score (nSPS) is 11.7. The van der Waals surface area contributed by atoms with Crippen LogP contribution in [0.4, 0.5) is 0 Å². The first kappa shape index (κ1) is 16.4. The van der Waals surface area contributed by atoms with Crippen LogP contribution in [0.3, 0.4) is 0 Å². The zero-order valence-electron chi connectivity index (χ0n) is 11.6. The Morgan fingerprint density at radius 3 is 2.50 bits per heavy atom. The summed E-state index contributed by atoms with van der Waals surface area (Å²) in [7, 11) is 0. The van der Waals surface area contributed by atoms with Crippen molar-refractivity contribution in [2.24, 2.45) is 0 Å². The second-order valence-electron chi connectivity index (χ2n) is 4.17. The predicted octanol–water partition coefficient (Wildman–Crippen LogP) is 1.56. The molecule has 6 heteroatoms. The van der Waals surface area contributed by atoms with Crippen molar-refractivity contribution in [3.05, 3.63) is 29.8 Å². The fourth-order valence-electron chi connectivity index (χ4n) is 1.64. The summed E-state index contributed by atoms with van der Waals surface area (Å²) >= 11 is 1.38. The molecule has 0 saturated heterocycles. The minimum absolute atomic E-state index is 0.157. The van der Waals surface area contributed by atoms with Crippen LogP contribution in [0.2, 0.25) is 0 Å². The van der Waals surface area contributed by atoms with Crippen LogP contribution >= 0.6 is 11.8 Å². The lowest BCUT2D eigenvalue weighted by Crippen LogP contribution is -2.43. The highest BCUT2D eigenvalue weighted by molar-refractivity contribution is 7.98. The lowest BCUT2D eigenvalue weighted by atomic mass is 10.1. The van der Waals surface area contributed by atoms with E-state index in [1.807, 2.05) is 6.92 Å². The van der Waals surface area contributed by atoms with Crippen molar-refractivity contribution >= 4 is 23.6 Å². The van der Waals surface area contributed by atoms with E-state index in [-0.39, 0.29) is 12.3 Å². The quantitative estimate of drug-likeness (QED) is 0.761. The second kappa shape index (κ2) is 8.47. The Labute approximate surface area is 122 Å². The van der Waals surface area contributed by atoms with Gasteiger partial charge in [-0.1, -0.05) is 12.1 Å². The molecule has 110 valence electrons. The van der Waals surface area contributed by atoms with Crippen LogP contribution in [0, 0.1) is 0 Å². The van der Waals surface area contributed by atoms with Crippen LogP contribution in [-0.4, -0.2) is 41.6 Å². The number of carbonyl (C=O) groups excluding carboxylic acids is 1. The van der Waals surface area contributed by atoms with Gasteiger partial charge in [-0.05, 0) is 30.9 Å². The summed E-state index contributed by atoms with van der Waals surface area (Å²) in [6.45, 7) is 2.49. The molecule has 1 rings (SSSR count). The maximum atomic E-state index is 11.8. The summed E-state index contributed by atoms with van der Waals surface area (Å²) in [6, 6.07) is 6.34. The van der Waals surface area contributed by atoms with E-state index in [1.54, 1.807) is 30.5 Å². The molecule has 0 saturated carbocycles. The molecule has 2 N–H and O–H groups in total. The Bertz CT molecular complexity index is 447. The van der Waals surface area contributed by atoms with E-state index in [9.17, 15) is 9.59 Å². The highest BCUT2D eigenvalue weighted by Gasteiger charge is 2.19. The molecule has 20 heavy (non-hydrogen) atoms. The molecule has 0 aromatic heterocycles. The third-order valence-corrected chi connectivity index (χ3v) is 3.23. The van der Waals surface area contributed by atoms with Crippen molar-refractivity contribution in [2.45, 2.75) is 19.4 Å². The van der Waals surface area contributed by atoms with E-state index < -0.39 is 12.0 Å². The van der Waals surface area contributed by atoms with Gasteiger partial charge in [-0.3, -0.25) is 4.79 Å². The van der Waals surface area contributed by atoms with Crippen LogP contribution in [-0.2, 0) is 16.0 Å². The fourth-order valence-corrected chi connectivity index (χ4v) is 2.20. The van der Waals surface area contributed by atoms with E-state index in [2.05, 4.69) is 5.32 Å². The number of rotatable bonds is 8. The molecule has 5 nitrogen and oxygen atoms in total. The summed E-state index contributed by atoms with van der Waals surface area (Å²) < 4.78 is 5.31. The van der Waals surface area contributed by atoms with Gasteiger partial charge in [-0.25, -0.2) is 4.79 Å². The molecule has 0 aliphatic carbocycles. The lowest BCUT2D eigenvalue weighted by molar-refractivity contribution is -0.141. The lowest BCUT2D eigenvalue weighted by Gasteiger charge is -2.13. The molecule has 1 amide bonds. The zero-order valence-corrected chi connectivity index (χ0v) is 12.4. The van der Waals surface area contributed by atoms with Gasteiger partial charge in [-0.2, -0.15) is 11.8 Å². The van der Waals surface area contributed by atoms with Crippen LogP contribution < -0.4 is 10.1 Å². The van der Waals surface area contributed by atoms with Gasteiger partial charge in [0.2, 0.25) is 5.91 Å². The number of benzene rings is 1. The Morgan fingerprint density at radius 2 is 2.00 bits per heavy atom. The van der Waals surface area contributed by atoms with Crippen molar-refractivity contribution in [3.8, 4) is 5.75 Å². The standard InChI is InChI=1S/C14H19NO4S/c1-3-19-11-6-4-10(5-7-11)8-13(16)15-12(9-20-2)14(17)18/h4-7,12H,3,8-9H2,1-2H3,(H,15,16)(H,17,18)/t12-/m0/s1. The first-order valence-electron chi connectivity index (χ1n) is 6.29. The van der Waals surface area contributed by atoms with Crippen LogP contribution in [0.15, 0.2) is 24.3 Å². The van der Waals surface area contributed by atoms with Gasteiger partial charge in [0, 0.05) is 5.75 Å². The number of hydrogen-bond acceptors (Lipinski definition) is 4. The van der Waals surface area contributed by atoms with Gasteiger partial charge in [0.1, 0.15) is 11.8 Å². The molecule has 0 radical (unpaired) electrons. The van der Waals surface area contributed by atoms with E-state index in [4.69, 9.17) is 9.84 Å². The molecular weight excluding hydrogens is 278 g/mol. The van der Waals surface area contributed by atoms with Gasteiger partial charge in [-0.15, -0.1) is 0 Å². The van der Waals surface area contributed by atoms with Crippen molar-refractivity contribution in [2.75, 3.05) is 18.6 Å². The largest absolute Gasteiger partial charge is 0.494 e. The summed E-state index contributed by atoms with van der Waals surface area (Å²) in [4.78, 5) is 22.7. The van der Waals surface area contributed by atoms with Gasteiger partial charge in [0.05, 0.1) is 13.0 Å². The molecule has 1 aromatic carbocycles. The first-order chi connectivity index (χ1) is 9.56. The molecule has 0 unspecified atom stereocenters. The number of carboxylic acids is 1. The van der Waals surface area contributed by atoms with Crippen LogP contribution in [0.5, 0.6) is 5.75 Å². The van der Waals surface area contributed by atoms with Gasteiger partial charge in [0.25, 0.3) is 0 Å². The van der Waals surface area contributed by atoms with Crippen molar-refractivity contribution < 1.29 is 19.4 Å². The maximum absolute atomic E-state index is 11.8. The van der Waals surface area contributed by atoms with E-state index in [0.29, 0.717) is 12.4 Å². The Hall–Kier alpha value is -1.69. The Morgan fingerprint density at radius 1 is 1.35 bits per heavy atom. The topological polar surface area (TPSA) is 75.6 Å². The minimum Gasteiger partial charge on any atom is -0.494 e. The molecule has 0 spiro atoms. The molecule has 0 fully saturated rings. The average molecular weight is 297 g/mol. The summed E-state index contributed by atoms with van der Waals surface area (Å²) in [5, 5.41) is 11.5. The molecule has 0 aliphatic heterocycles. The summed E-state index contributed by atoms with van der Waals surface area (Å²) in [5.74, 6) is -0.206. The number of hydrogen-bond donors (Lipinski definition) is 2. The van der Waals surface area contributed by atoms with Crippen LogP contribution in [0.1, 0.15) is 12.5 Å². The number of aliphatic carboxylic acids is 1. The van der Waals surface area contributed by atoms with Crippen molar-refractivity contribution in [3.63, 3.8) is 0 Å². The predicted molar refractivity (Wildman–Crippen MR) is 79.3 cm³/mol. The number of thioether (sulfide) groups is 1. The van der Waals surface area contributed by atoms with Crippen molar-refractivity contribution in [1.29, 1.82) is 0 Å².